The molecule has 2 aliphatic rings. The van der Waals surface area contributed by atoms with Crippen LogP contribution in [-0.2, 0) is 6.54 Å². The second-order valence-corrected chi connectivity index (χ2v) is 8.20. The van der Waals surface area contributed by atoms with Gasteiger partial charge in [-0.2, -0.15) is 5.10 Å². The number of hydrogen-bond donors (Lipinski definition) is 0. The van der Waals surface area contributed by atoms with Crippen LogP contribution in [0.1, 0.15) is 38.5 Å². The normalized spacial score (nSPS) is 20.3. The molecule has 7 nitrogen and oxygen atoms in total. The summed E-state index contributed by atoms with van der Waals surface area (Å²) >= 11 is 0. The molecule has 2 aliphatic heterocycles. The maximum Gasteiger partial charge on any atom is 0.266 e. The van der Waals surface area contributed by atoms with Crippen LogP contribution < -0.4 is 5.56 Å². The zero-order valence-corrected chi connectivity index (χ0v) is 16.7. The lowest BCUT2D eigenvalue weighted by Gasteiger charge is -2.33. The van der Waals surface area contributed by atoms with Crippen LogP contribution in [0, 0.1) is 5.92 Å². The fraction of sp³-hybridized carbons (Fsp3) is 0.667. The van der Waals surface area contributed by atoms with E-state index in [0.29, 0.717) is 18.3 Å². The van der Waals surface area contributed by atoms with Crippen molar-refractivity contribution in [2.45, 2.75) is 45.1 Å². The summed E-state index contributed by atoms with van der Waals surface area (Å²) in [5, 5.41) is 8.73. The molecule has 152 valence electrons. The first kappa shape index (κ1) is 19.3. The van der Waals surface area contributed by atoms with E-state index >= 15 is 0 Å². The summed E-state index contributed by atoms with van der Waals surface area (Å²) in [5.41, 5.74) is -0.0282. The van der Waals surface area contributed by atoms with Crippen molar-refractivity contribution in [3.63, 3.8) is 0 Å². The van der Waals surface area contributed by atoms with Gasteiger partial charge in [-0.1, -0.05) is 12.8 Å². The highest BCUT2D eigenvalue weighted by atomic mass is 16.1. The van der Waals surface area contributed by atoms with Gasteiger partial charge in [0, 0.05) is 38.1 Å². The minimum atomic E-state index is -0.0282. The van der Waals surface area contributed by atoms with Crippen molar-refractivity contribution in [1.82, 2.24) is 29.4 Å². The molecule has 0 bridgehead atoms. The highest BCUT2D eigenvalue weighted by molar-refractivity contribution is 5.17. The number of likely N-dealkylation sites (tertiary alicyclic amines) is 2. The van der Waals surface area contributed by atoms with E-state index in [2.05, 4.69) is 20.0 Å². The van der Waals surface area contributed by atoms with Crippen molar-refractivity contribution in [1.29, 1.82) is 0 Å². The van der Waals surface area contributed by atoms with Gasteiger partial charge in [-0.15, -0.1) is 5.10 Å². The van der Waals surface area contributed by atoms with E-state index in [1.807, 2.05) is 12.3 Å². The van der Waals surface area contributed by atoms with Gasteiger partial charge in [-0.05, 0) is 69.9 Å². The maximum absolute atomic E-state index is 12.2. The fourth-order valence-corrected chi connectivity index (χ4v) is 4.38. The summed E-state index contributed by atoms with van der Waals surface area (Å²) in [4.78, 5) is 17.5. The largest absolute Gasteiger partial charge is 0.302 e. The van der Waals surface area contributed by atoms with E-state index in [1.165, 1.54) is 51.9 Å². The van der Waals surface area contributed by atoms with Gasteiger partial charge in [0.15, 0.2) is 5.82 Å². The molecule has 2 aromatic heterocycles. The second-order valence-electron chi connectivity index (χ2n) is 8.20. The van der Waals surface area contributed by atoms with Crippen LogP contribution in [0.3, 0.4) is 0 Å². The molecule has 0 atom stereocenters. The molecule has 0 radical (unpaired) electrons. The van der Waals surface area contributed by atoms with Gasteiger partial charge in [-0.3, -0.25) is 4.79 Å². The van der Waals surface area contributed by atoms with E-state index in [9.17, 15) is 4.79 Å². The molecule has 4 rings (SSSR count). The third kappa shape index (κ3) is 5.08. The maximum atomic E-state index is 12.2. The number of hydrogen-bond acceptors (Lipinski definition) is 5. The molecule has 0 aromatic carbocycles. The number of aromatic nitrogens is 4. The molecule has 2 saturated heterocycles. The van der Waals surface area contributed by atoms with E-state index in [-0.39, 0.29) is 5.56 Å². The molecule has 0 saturated carbocycles. The first-order valence-electron chi connectivity index (χ1n) is 10.8. The van der Waals surface area contributed by atoms with Crippen LogP contribution in [0.2, 0.25) is 0 Å². The lowest BCUT2D eigenvalue weighted by atomic mass is 9.97. The first-order chi connectivity index (χ1) is 13.8. The predicted molar refractivity (Wildman–Crippen MR) is 110 cm³/mol. The van der Waals surface area contributed by atoms with Crippen LogP contribution in [0.15, 0.2) is 35.4 Å². The Kier molecular flexibility index (Phi) is 6.54. The standard InChI is InChI=1S/C21H32N6O/c28-21-7-6-20(26-13-5-10-22-26)23-27(21)18-19-8-14-25(15-9-19)17-16-24-11-3-1-2-4-12-24/h5-7,10,13,19H,1-4,8-9,11-12,14-18H2. The van der Waals surface area contributed by atoms with E-state index in [0.717, 1.165) is 25.9 Å². The van der Waals surface area contributed by atoms with Gasteiger partial charge in [0.25, 0.3) is 5.56 Å². The Bertz CT molecular complexity index is 770. The van der Waals surface area contributed by atoms with Crippen LogP contribution in [0.4, 0.5) is 0 Å². The smallest absolute Gasteiger partial charge is 0.266 e. The van der Waals surface area contributed by atoms with Crippen LogP contribution >= 0.6 is 0 Å². The minimum Gasteiger partial charge on any atom is -0.302 e. The molecule has 0 spiro atoms. The van der Waals surface area contributed by atoms with Crippen molar-refractivity contribution >= 4 is 0 Å². The summed E-state index contributed by atoms with van der Waals surface area (Å²) in [6.07, 6.45) is 11.4. The van der Waals surface area contributed by atoms with Gasteiger partial charge < -0.3 is 9.80 Å². The Morgan fingerprint density at radius 3 is 2.32 bits per heavy atom. The second kappa shape index (κ2) is 9.47. The lowest BCUT2D eigenvalue weighted by molar-refractivity contribution is 0.147. The van der Waals surface area contributed by atoms with E-state index < -0.39 is 0 Å². The minimum absolute atomic E-state index is 0.0282. The lowest BCUT2D eigenvalue weighted by Crippen LogP contribution is -2.41. The van der Waals surface area contributed by atoms with Gasteiger partial charge in [0.1, 0.15) is 0 Å². The molecular formula is C21H32N6O. The molecule has 0 N–H and O–H groups in total. The zero-order valence-electron chi connectivity index (χ0n) is 16.7. The quantitative estimate of drug-likeness (QED) is 0.763. The molecule has 7 heteroatoms. The van der Waals surface area contributed by atoms with Crippen molar-refractivity contribution in [2.24, 2.45) is 5.92 Å². The van der Waals surface area contributed by atoms with Crippen molar-refractivity contribution < 1.29 is 0 Å². The van der Waals surface area contributed by atoms with Gasteiger partial charge >= 0.3 is 0 Å². The third-order valence-electron chi connectivity index (χ3n) is 6.16. The number of piperidine rings is 1. The Balaban J connectivity index is 1.26. The Morgan fingerprint density at radius 2 is 1.64 bits per heavy atom. The molecule has 4 heterocycles. The molecule has 28 heavy (non-hydrogen) atoms. The number of rotatable bonds is 6. The summed E-state index contributed by atoms with van der Waals surface area (Å²) < 4.78 is 3.32. The van der Waals surface area contributed by atoms with Crippen LogP contribution in [-0.4, -0.2) is 68.6 Å². The highest BCUT2D eigenvalue weighted by Gasteiger charge is 2.21. The SMILES string of the molecule is O=c1ccc(-n2cccn2)nn1CC1CCN(CCN2CCCCCC2)CC1. The van der Waals surface area contributed by atoms with Crippen molar-refractivity contribution in [2.75, 3.05) is 39.3 Å². The average molecular weight is 385 g/mol. The topological polar surface area (TPSA) is 59.2 Å². The monoisotopic (exact) mass is 384 g/mol. The summed E-state index contributed by atoms with van der Waals surface area (Å²) in [6.45, 7) is 7.90. The molecule has 2 fully saturated rings. The fourth-order valence-electron chi connectivity index (χ4n) is 4.38. The molecule has 0 amide bonds. The molecule has 0 unspecified atom stereocenters. The Hall–Kier alpha value is -1.99. The third-order valence-corrected chi connectivity index (χ3v) is 6.16. The Labute approximate surface area is 166 Å². The Morgan fingerprint density at radius 1 is 0.929 bits per heavy atom. The van der Waals surface area contributed by atoms with Crippen LogP contribution in [0.5, 0.6) is 0 Å². The average Bonchev–Trinajstić information content (AvgIpc) is 3.13. The summed E-state index contributed by atoms with van der Waals surface area (Å²) in [5.74, 6) is 1.21. The molecular weight excluding hydrogens is 352 g/mol. The van der Waals surface area contributed by atoms with Gasteiger partial charge in [0.05, 0.1) is 0 Å². The number of nitrogens with zero attached hydrogens (tertiary/aromatic N) is 6. The van der Waals surface area contributed by atoms with Gasteiger partial charge in [0.2, 0.25) is 0 Å². The predicted octanol–water partition coefficient (Wildman–Crippen LogP) is 2.02. The van der Waals surface area contributed by atoms with E-state index in [4.69, 9.17) is 0 Å². The van der Waals surface area contributed by atoms with Crippen molar-refractivity contribution in [3.8, 4) is 5.82 Å². The highest BCUT2D eigenvalue weighted by Crippen LogP contribution is 2.19. The molecule has 0 aliphatic carbocycles. The van der Waals surface area contributed by atoms with Crippen LogP contribution in [0.25, 0.3) is 5.82 Å². The summed E-state index contributed by atoms with van der Waals surface area (Å²) in [7, 11) is 0. The zero-order chi connectivity index (χ0) is 19.2. The molecule has 2 aromatic rings. The van der Waals surface area contributed by atoms with Crippen molar-refractivity contribution in [3.05, 3.63) is 40.9 Å². The first-order valence-corrected chi connectivity index (χ1v) is 10.8. The van der Waals surface area contributed by atoms with Gasteiger partial charge in [-0.25, -0.2) is 9.36 Å². The van der Waals surface area contributed by atoms with E-state index in [1.54, 1.807) is 27.7 Å². The summed E-state index contributed by atoms with van der Waals surface area (Å²) in [6, 6.07) is 5.19.